The Kier molecular flexibility index (Phi) is 6.36. The van der Waals surface area contributed by atoms with E-state index in [9.17, 15) is 19.5 Å². The molecule has 2 rings (SSSR count). The summed E-state index contributed by atoms with van der Waals surface area (Å²) in [5.41, 5.74) is 0.275. The summed E-state index contributed by atoms with van der Waals surface area (Å²) in [6, 6.07) is 3.86. The van der Waals surface area contributed by atoms with Gasteiger partial charge in [0.25, 0.3) is 5.91 Å². The number of nitrogens with zero attached hydrogens (tertiary/aromatic N) is 1. The fourth-order valence-electron chi connectivity index (χ4n) is 3.18. The van der Waals surface area contributed by atoms with E-state index in [4.69, 9.17) is 11.6 Å². The van der Waals surface area contributed by atoms with E-state index in [2.05, 4.69) is 10.6 Å². The average molecular weight is 396 g/mol. The van der Waals surface area contributed by atoms with Gasteiger partial charge in [-0.2, -0.15) is 0 Å². The number of piperidine rings is 1. The minimum absolute atomic E-state index is 0.239. The summed E-state index contributed by atoms with van der Waals surface area (Å²) in [7, 11) is 0. The summed E-state index contributed by atoms with van der Waals surface area (Å²) in [6.45, 7) is 7.80. The van der Waals surface area contributed by atoms with Crippen LogP contribution in [-0.2, 0) is 4.79 Å². The number of carboxylic acids is 1. The molecule has 1 aliphatic rings. The Hall–Kier alpha value is -2.28. The number of rotatable bonds is 3. The number of carbonyl (C=O) groups excluding carboxylic acids is 2. The standard InChI is InChI=1S/C19H26ClN3O4/c1-11-13(17(25)26)6-5-9-23(11)16(24)14-10-12(7-8-15(14)20)21-18(27)22-19(2,3)4/h7-8,10-11,13H,5-6,9H2,1-4H3,(H,25,26)(H2,21,22,27)/t11-,13-/m1/s1. The van der Waals surface area contributed by atoms with Gasteiger partial charge in [-0.1, -0.05) is 11.6 Å². The molecule has 2 atom stereocenters. The van der Waals surface area contributed by atoms with E-state index in [-0.39, 0.29) is 22.5 Å². The predicted molar refractivity (Wildman–Crippen MR) is 104 cm³/mol. The third-order valence-corrected chi connectivity index (χ3v) is 4.84. The second-order valence-electron chi connectivity index (χ2n) is 7.85. The highest BCUT2D eigenvalue weighted by Crippen LogP contribution is 2.28. The number of hydrogen-bond donors (Lipinski definition) is 3. The van der Waals surface area contributed by atoms with Gasteiger partial charge in [0, 0.05) is 23.8 Å². The summed E-state index contributed by atoms with van der Waals surface area (Å²) in [5.74, 6) is -1.83. The number of anilines is 1. The van der Waals surface area contributed by atoms with E-state index in [0.717, 1.165) is 0 Å². The zero-order valence-electron chi connectivity index (χ0n) is 16.0. The van der Waals surface area contributed by atoms with Crippen molar-refractivity contribution in [3.8, 4) is 0 Å². The van der Waals surface area contributed by atoms with Crippen molar-refractivity contribution >= 4 is 35.2 Å². The number of likely N-dealkylation sites (tertiary alicyclic amines) is 1. The predicted octanol–water partition coefficient (Wildman–Crippen LogP) is 3.59. The lowest BCUT2D eigenvalue weighted by molar-refractivity contribution is -0.144. The summed E-state index contributed by atoms with van der Waals surface area (Å²) in [4.78, 5) is 38.0. The molecule has 0 bridgehead atoms. The Bertz CT molecular complexity index is 745. The Morgan fingerprint density at radius 2 is 1.93 bits per heavy atom. The van der Waals surface area contributed by atoms with Gasteiger partial charge in [-0.15, -0.1) is 0 Å². The number of carboxylic acid groups (broad SMARTS) is 1. The van der Waals surface area contributed by atoms with Gasteiger partial charge in [-0.25, -0.2) is 4.79 Å². The molecule has 148 valence electrons. The molecule has 0 aliphatic carbocycles. The number of carbonyl (C=O) groups is 3. The summed E-state index contributed by atoms with van der Waals surface area (Å²) in [6.07, 6.45) is 1.17. The Morgan fingerprint density at radius 3 is 2.52 bits per heavy atom. The molecule has 0 radical (unpaired) electrons. The first-order valence-electron chi connectivity index (χ1n) is 8.92. The van der Waals surface area contributed by atoms with Crippen LogP contribution in [-0.4, -0.2) is 46.0 Å². The molecule has 1 aliphatic heterocycles. The largest absolute Gasteiger partial charge is 0.481 e. The van der Waals surface area contributed by atoms with Crippen molar-refractivity contribution in [2.24, 2.45) is 5.92 Å². The molecular formula is C19H26ClN3O4. The molecule has 3 amide bonds. The van der Waals surface area contributed by atoms with Crippen LogP contribution in [0.4, 0.5) is 10.5 Å². The zero-order valence-corrected chi connectivity index (χ0v) is 16.8. The molecule has 27 heavy (non-hydrogen) atoms. The SMILES string of the molecule is C[C@@H]1[C@H](C(=O)O)CCCN1C(=O)c1cc(NC(=O)NC(C)(C)C)ccc1Cl. The number of benzene rings is 1. The topological polar surface area (TPSA) is 98.7 Å². The summed E-state index contributed by atoms with van der Waals surface area (Å²) < 4.78 is 0. The first-order valence-corrected chi connectivity index (χ1v) is 9.30. The van der Waals surface area contributed by atoms with Crippen LogP contribution in [0.1, 0.15) is 50.9 Å². The molecule has 1 heterocycles. The molecule has 3 N–H and O–H groups in total. The summed E-state index contributed by atoms with van der Waals surface area (Å²) in [5, 5.41) is 15.1. The fraction of sp³-hybridized carbons (Fsp3) is 0.526. The van der Waals surface area contributed by atoms with Crippen molar-refractivity contribution in [1.82, 2.24) is 10.2 Å². The van der Waals surface area contributed by atoms with E-state index >= 15 is 0 Å². The first kappa shape index (κ1) is 21.0. The molecule has 1 fully saturated rings. The molecule has 8 heteroatoms. The van der Waals surface area contributed by atoms with Crippen LogP contribution in [0, 0.1) is 5.92 Å². The van der Waals surface area contributed by atoms with Gasteiger partial charge in [0.1, 0.15) is 0 Å². The number of urea groups is 1. The molecule has 0 aromatic heterocycles. The van der Waals surface area contributed by atoms with E-state index in [1.54, 1.807) is 24.0 Å². The van der Waals surface area contributed by atoms with Crippen LogP contribution in [0.3, 0.4) is 0 Å². The number of nitrogens with one attached hydrogen (secondary N) is 2. The number of aliphatic carboxylic acids is 1. The minimum atomic E-state index is -0.902. The third kappa shape index (κ3) is 5.35. The maximum absolute atomic E-state index is 13.0. The van der Waals surface area contributed by atoms with Crippen molar-refractivity contribution < 1.29 is 19.5 Å². The Labute approximate surface area is 164 Å². The number of hydrogen-bond acceptors (Lipinski definition) is 3. The van der Waals surface area contributed by atoms with Gasteiger partial charge in [0.15, 0.2) is 0 Å². The fourth-order valence-corrected chi connectivity index (χ4v) is 3.38. The second-order valence-corrected chi connectivity index (χ2v) is 8.26. The molecule has 1 aromatic carbocycles. The van der Waals surface area contributed by atoms with Crippen molar-refractivity contribution in [2.75, 3.05) is 11.9 Å². The molecule has 0 spiro atoms. The van der Waals surface area contributed by atoms with Gasteiger partial charge in [-0.3, -0.25) is 9.59 Å². The third-order valence-electron chi connectivity index (χ3n) is 4.51. The average Bonchev–Trinajstić information content (AvgIpc) is 2.54. The lowest BCUT2D eigenvalue weighted by Crippen LogP contribution is -2.49. The van der Waals surface area contributed by atoms with Crippen molar-refractivity contribution in [3.05, 3.63) is 28.8 Å². The normalized spacial score (nSPS) is 20.1. The van der Waals surface area contributed by atoms with Crippen LogP contribution in [0.5, 0.6) is 0 Å². The van der Waals surface area contributed by atoms with Crippen LogP contribution in [0.15, 0.2) is 18.2 Å². The van der Waals surface area contributed by atoms with Gasteiger partial charge in [0.2, 0.25) is 0 Å². The van der Waals surface area contributed by atoms with Crippen molar-refractivity contribution in [1.29, 1.82) is 0 Å². The smallest absolute Gasteiger partial charge is 0.319 e. The minimum Gasteiger partial charge on any atom is -0.481 e. The lowest BCUT2D eigenvalue weighted by atomic mass is 9.90. The van der Waals surface area contributed by atoms with E-state index < -0.39 is 23.5 Å². The van der Waals surface area contributed by atoms with Gasteiger partial charge in [0.05, 0.1) is 16.5 Å². The molecule has 0 saturated carbocycles. The highest BCUT2D eigenvalue weighted by molar-refractivity contribution is 6.34. The first-order chi connectivity index (χ1) is 12.5. The summed E-state index contributed by atoms with van der Waals surface area (Å²) >= 11 is 6.21. The second kappa shape index (κ2) is 8.17. The van der Waals surface area contributed by atoms with Crippen LogP contribution in [0.2, 0.25) is 5.02 Å². The van der Waals surface area contributed by atoms with E-state index in [1.807, 2.05) is 20.8 Å². The van der Waals surface area contributed by atoms with Crippen LogP contribution in [0.25, 0.3) is 0 Å². The maximum Gasteiger partial charge on any atom is 0.319 e. The quantitative estimate of drug-likeness (QED) is 0.728. The lowest BCUT2D eigenvalue weighted by Gasteiger charge is -2.37. The maximum atomic E-state index is 13.0. The van der Waals surface area contributed by atoms with Crippen LogP contribution >= 0.6 is 11.6 Å². The monoisotopic (exact) mass is 395 g/mol. The van der Waals surface area contributed by atoms with E-state index in [1.165, 1.54) is 6.07 Å². The van der Waals surface area contributed by atoms with Gasteiger partial charge < -0.3 is 20.6 Å². The molecule has 7 nitrogen and oxygen atoms in total. The van der Waals surface area contributed by atoms with Crippen LogP contribution < -0.4 is 10.6 Å². The zero-order chi connectivity index (χ0) is 20.4. The van der Waals surface area contributed by atoms with Gasteiger partial charge in [-0.05, 0) is 58.7 Å². The molecule has 0 unspecified atom stereocenters. The molecular weight excluding hydrogens is 370 g/mol. The van der Waals surface area contributed by atoms with Crippen molar-refractivity contribution in [2.45, 2.75) is 52.1 Å². The number of halogens is 1. The van der Waals surface area contributed by atoms with Crippen molar-refractivity contribution in [3.63, 3.8) is 0 Å². The van der Waals surface area contributed by atoms with Gasteiger partial charge >= 0.3 is 12.0 Å². The number of amides is 3. The Morgan fingerprint density at radius 1 is 1.26 bits per heavy atom. The molecule has 1 saturated heterocycles. The highest BCUT2D eigenvalue weighted by atomic mass is 35.5. The van der Waals surface area contributed by atoms with E-state index in [0.29, 0.717) is 25.1 Å². The molecule has 1 aromatic rings. The Balaban J connectivity index is 2.21. The highest BCUT2D eigenvalue weighted by Gasteiger charge is 2.36.